The van der Waals surface area contributed by atoms with Gasteiger partial charge >= 0.3 is 0 Å². The molecule has 0 saturated heterocycles. The summed E-state index contributed by atoms with van der Waals surface area (Å²) in [7, 11) is 0. The highest BCUT2D eigenvalue weighted by molar-refractivity contribution is 7.01. The molecule has 4 aliphatic rings. The Bertz CT molecular complexity index is 5180. The number of anilines is 12. The fourth-order valence-corrected chi connectivity index (χ4v) is 15.5. The van der Waals surface area contributed by atoms with Gasteiger partial charge in [0.15, 0.2) is 0 Å². The topological polar surface area (TPSA) is 22.8 Å². The van der Waals surface area contributed by atoms with Crippen LogP contribution in [0.3, 0.4) is 0 Å². The first-order valence-electron chi connectivity index (χ1n) is 29.8. The molecule has 0 N–H and O–H groups in total. The number of nitrogens with zero attached hydrogens (tertiary/aromatic N) is 6. The van der Waals surface area contributed by atoms with Gasteiger partial charge in [0.25, 0.3) is 13.4 Å². The highest BCUT2D eigenvalue weighted by atomic mass is 15.2. The lowest BCUT2D eigenvalue weighted by molar-refractivity contribution is 1.17. The van der Waals surface area contributed by atoms with Crippen molar-refractivity contribution in [2.75, 3.05) is 19.6 Å². The van der Waals surface area contributed by atoms with Crippen molar-refractivity contribution in [2.24, 2.45) is 0 Å². The van der Waals surface area contributed by atoms with Gasteiger partial charge in [-0.1, -0.05) is 176 Å². The third-order valence-corrected chi connectivity index (χ3v) is 18.8. The molecule has 15 aromatic rings. The quantitative estimate of drug-likeness (QED) is 0.141. The molecular formula is C78H50B2N6. The third kappa shape index (κ3) is 6.52. The van der Waals surface area contributed by atoms with Crippen LogP contribution in [0.4, 0.5) is 68.2 Å². The first kappa shape index (κ1) is 47.3. The molecule has 0 saturated carbocycles. The van der Waals surface area contributed by atoms with E-state index in [1.807, 2.05) is 0 Å². The minimum Gasteiger partial charge on any atom is -0.311 e. The number of hydrogen-bond donors (Lipinski definition) is 0. The Kier molecular flexibility index (Phi) is 9.98. The highest BCUT2D eigenvalue weighted by Gasteiger charge is 2.45. The average Bonchev–Trinajstić information content (AvgIpc) is 1.49. The van der Waals surface area contributed by atoms with Gasteiger partial charge in [0.05, 0.1) is 11.0 Å². The molecule has 0 atom stereocenters. The van der Waals surface area contributed by atoms with E-state index in [2.05, 4.69) is 332 Å². The van der Waals surface area contributed by atoms with Crippen molar-refractivity contribution in [1.29, 1.82) is 0 Å². The molecule has 2 aromatic heterocycles. The van der Waals surface area contributed by atoms with Crippen LogP contribution in [-0.4, -0.2) is 22.6 Å². The molecule has 0 fully saturated rings. The molecule has 398 valence electrons. The first-order valence-corrected chi connectivity index (χ1v) is 29.8. The van der Waals surface area contributed by atoms with Gasteiger partial charge in [-0.3, -0.25) is 0 Å². The first-order chi connectivity index (χ1) is 42.7. The van der Waals surface area contributed by atoms with Crippen molar-refractivity contribution < 1.29 is 0 Å². The number of rotatable bonds is 8. The monoisotopic (exact) mass is 1090 g/mol. The summed E-state index contributed by atoms with van der Waals surface area (Å²) < 4.78 is 5.27. The lowest BCUT2D eigenvalue weighted by Crippen LogP contribution is -2.60. The van der Waals surface area contributed by atoms with Gasteiger partial charge in [0.1, 0.15) is 0 Å². The Morgan fingerprint density at radius 2 is 0.628 bits per heavy atom. The van der Waals surface area contributed by atoms with Gasteiger partial charge < -0.3 is 28.7 Å². The molecule has 0 bridgehead atoms. The number of para-hydroxylation sites is 8. The van der Waals surface area contributed by atoms with Gasteiger partial charge in [-0.05, 0) is 160 Å². The number of fused-ring (bicyclic) bond motifs is 15. The van der Waals surface area contributed by atoms with E-state index >= 15 is 0 Å². The molecule has 0 amide bonds. The lowest BCUT2D eigenvalue weighted by atomic mass is 9.34. The molecule has 0 radical (unpaired) electrons. The predicted octanol–water partition coefficient (Wildman–Crippen LogP) is 16.0. The van der Waals surface area contributed by atoms with Crippen molar-refractivity contribution in [1.82, 2.24) is 9.13 Å². The Labute approximate surface area is 498 Å². The van der Waals surface area contributed by atoms with E-state index < -0.39 is 0 Å². The second kappa shape index (κ2) is 18.1. The van der Waals surface area contributed by atoms with Gasteiger partial charge in [0, 0.05) is 112 Å². The largest absolute Gasteiger partial charge is 0.311 e. The molecule has 4 aliphatic heterocycles. The van der Waals surface area contributed by atoms with Crippen LogP contribution < -0.4 is 52.4 Å². The maximum atomic E-state index is 2.66. The molecule has 13 aromatic carbocycles. The van der Waals surface area contributed by atoms with E-state index in [4.69, 9.17) is 0 Å². The molecule has 8 heteroatoms. The maximum absolute atomic E-state index is 2.66. The van der Waals surface area contributed by atoms with E-state index in [0.29, 0.717) is 0 Å². The van der Waals surface area contributed by atoms with E-state index in [0.717, 1.165) is 45.5 Å². The zero-order valence-electron chi connectivity index (χ0n) is 46.7. The van der Waals surface area contributed by atoms with E-state index in [9.17, 15) is 0 Å². The van der Waals surface area contributed by atoms with Crippen LogP contribution in [-0.2, 0) is 0 Å². The van der Waals surface area contributed by atoms with Gasteiger partial charge in [-0.15, -0.1) is 0 Å². The highest BCUT2D eigenvalue weighted by Crippen LogP contribution is 2.49. The fraction of sp³-hybridized carbons (Fsp3) is 0. The van der Waals surface area contributed by atoms with Crippen molar-refractivity contribution in [2.45, 2.75) is 0 Å². The van der Waals surface area contributed by atoms with Crippen LogP contribution in [0.25, 0.3) is 55.0 Å². The average molecular weight is 1090 g/mol. The lowest BCUT2D eigenvalue weighted by Gasteiger charge is -2.41. The normalized spacial score (nSPS) is 13.0. The second-order valence-electron chi connectivity index (χ2n) is 23.1. The second-order valence-corrected chi connectivity index (χ2v) is 23.1. The maximum Gasteiger partial charge on any atom is 0.252 e. The SMILES string of the molecule is c1ccc(N(c2ccccc2)c2ccc3c(c2)N(c2ccccc2)c2cccc4c2B3c2cccc3c5c(ccc6c7cccc8c7n(c65)-c5cccc6c5B8c5ccc(N(c7ccccc7)c7ccccc7)cc5N6c5ccccc5)n-4c23)cc1. The molecule has 6 heterocycles. The molecule has 0 spiro atoms. The Morgan fingerprint density at radius 1 is 0.244 bits per heavy atom. The summed E-state index contributed by atoms with van der Waals surface area (Å²) >= 11 is 0. The zero-order valence-corrected chi connectivity index (χ0v) is 46.7. The van der Waals surface area contributed by atoms with Crippen LogP contribution in [0, 0.1) is 0 Å². The van der Waals surface area contributed by atoms with E-state index in [-0.39, 0.29) is 13.4 Å². The predicted molar refractivity (Wildman–Crippen MR) is 363 cm³/mol. The third-order valence-electron chi connectivity index (χ3n) is 18.8. The van der Waals surface area contributed by atoms with Crippen molar-refractivity contribution in [3.05, 3.63) is 303 Å². The summed E-state index contributed by atoms with van der Waals surface area (Å²) in [5.41, 5.74) is 28.9. The van der Waals surface area contributed by atoms with E-state index in [1.54, 1.807) is 0 Å². The fourth-order valence-electron chi connectivity index (χ4n) is 15.5. The van der Waals surface area contributed by atoms with Crippen LogP contribution in [0.5, 0.6) is 0 Å². The summed E-state index contributed by atoms with van der Waals surface area (Å²) in [6.45, 7) is -0.0511. The van der Waals surface area contributed by atoms with Crippen molar-refractivity contribution >= 4 is 158 Å². The van der Waals surface area contributed by atoms with Crippen LogP contribution in [0.1, 0.15) is 0 Å². The molecular weight excluding hydrogens is 1040 g/mol. The summed E-state index contributed by atoms with van der Waals surface area (Å²) in [5, 5.41) is 5.07. The number of benzene rings is 13. The van der Waals surface area contributed by atoms with Gasteiger partial charge in [0.2, 0.25) is 0 Å². The molecule has 6 nitrogen and oxygen atoms in total. The summed E-state index contributed by atoms with van der Waals surface area (Å²) in [4.78, 5) is 9.79. The minimum absolute atomic E-state index is 0.0218. The van der Waals surface area contributed by atoms with Crippen LogP contribution in [0.15, 0.2) is 303 Å². The standard InChI is InChI=1S/C78H50B2N6/c1-7-23-51(24-8-1)81(52-25-9-2-10-26-52)57-43-46-62-71(49-57)84(56-33-17-6-18-34-56)68-40-22-42-70-75(68)79(62)64-37-19-35-59-60-45-48-66-73(78(60)86(70)76(59)64)61-36-20-38-65-77(61)85(66)69-41-21-39-67-74(69)80(65)63-47-44-58(50-72(63)83(67)55-31-15-5-16-32-55)82(53-27-11-3-12-28-53)54-29-13-4-14-30-54/h1-50H. The molecule has 19 rings (SSSR count). The zero-order chi connectivity index (χ0) is 56.1. The van der Waals surface area contributed by atoms with Gasteiger partial charge in [-0.25, -0.2) is 0 Å². The van der Waals surface area contributed by atoms with Crippen molar-refractivity contribution in [3.8, 4) is 11.4 Å². The number of aromatic nitrogens is 2. The van der Waals surface area contributed by atoms with Crippen molar-refractivity contribution in [3.63, 3.8) is 0 Å². The summed E-state index contributed by atoms with van der Waals surface area (Å²) in [5.74, 6) is 0. The Morgan fingerprint density at radius 3 is 1.09 bits per heavy atom. The minimum atomic E-state index is -0.0293. The van der Waals surface area contributed by atoms with Gasteiger partial charge in [-0.2, -0.15) is 0 Å². The smallest absolute Gasteiger partial charge is 0.252 e. The Balaban J connectivity index is 0.858. The van der Waals surface area contributed by atoms with Crippen LogP contribution >= 0.6 is 0 Å². The molecule has 86 heavy (non-hydrogen) atoms. The van der Waals surface area contributed by atoms with E-state index in [1.165, 1.54) is 111 Å². The molecule has 0 unspecified atom stereocenters. The van der Waals surface area contributed by atoms with Crippen LogP contribution in [0.2, 0.25) is 0 Å². The Hall–Kier alpha value is -11.2. The summed E-state index contributed by atoms with van der Waals surface area (Å²) in [6, 6.07) is 112. The summed E-state index contributed by atoms with van der Waals surface area (Å²) in [6.07, 6.45) is 0. The molecule has 0 aliphatic carbocycles. The number of hydrogen-bond acceptors (Lipinski definition) is 4.